The molecule has 1 aromatic heterocycles. The van der Waals surface area contributed by atoms with Crippen molar-refractivity contribution < 1.29 is 14.0 Å². The number of amides is 2. The average molecular weight is 444 g/mol. The minimum Gasteiger partial charge on any atom is -0.441 e. The highest BCUT2D eigenvalue weighted by Crippen LogP contribution is 2.41. The smallest absolute Gasteiger partial charge is 0.254 e. The Kier molecular flexibility index (Phi) is 5.75. The molecule has 170 valence electrons. The van der Waals surface area contributed by atoms with Gasteiger partial charge in [-0.25, -0.2) is 4.98 Å². The van der Waals surface area contributed by atoms with Gasteiger partial charge in [0.1, 0.15) is 11.8 Å². The van der Waals surface area contributed by atoms with Crippen LogP contribution in [-0.2, 0) is 4.79 Å². The van der Waals surface area contributed by atoms with Gasteiger partial charge in [0.25, 0.3) is 5.91 Å². The molecule has 0 radical (unpaired) electrons. The zero-order valence-electron chi connectivity index (χ0n) is 19.1. The number of hydrogen-bond donors (Lipinski definition) is 1. The number of nitrogens with zero attached hydrogens (tertiary/aromatic N) is 2. The van der Waals surface area contributed by atoms with Crippen LogP contribution in [0.15, 0.2) is 59.0 Å². The van der Waals surface area contributed by atoms with Gasteiger partial charge in [0, 0.05) is 22.9 Å². The molecule has 2 heterocycles. The SMILES string of the molecule is Cc1nc(-c2cccc(NC(=O)C3CC4CCCCC4N3C(=O)c3ccccc3)c2)oc1C. The molecule has 2 aliphatic rings. The number of carbonyl (C=O) groups excluding carboxylic acids is 2. The maximum atomic E-state index is 13.5. The third kappa shape index (κ3) is 4.17. The van der Waals surface area contributed by atoms with Crippen molar-refractivity contribution in [1.29, 1.82) is 0 Å². The minimum atomic E-state index is -0.472. The number of hydrogen-bond acceptors (Lipinski definition) is 4. The fourth-order valence-electron chi connectivity index (χ4n) is 5.27. The molecule has 1 saturated carbocycles. The van der Waals surface area contributed by atoms with Gasteiger partial charge in [-0.3, -0.25) is 9.59 Å². The van der Waals surface area contributed by atoms with E-state index in [4.69, 9.17) is 4.42 Å². The first kappa shape index (κ1) is 21.4. The molecule has 33 heavy (non-hydrogen) atoms. The Labute approximate surface area is 194 Å². The second-order valence-electron chi connectivity index (χ2n) is 9.17. The number of rotatable bonds is 4. The van der Waals surface area contributed by atoms with Crippen LogP contribution in [0.1, 0.15) is 53.9 Å². The Balaban J connectivity index is 1.39. The van der Waals surface area contributed by atoms with Crippen molar-refractivity contribution >= 4 is 17.5 Å². The van der Waals surface area contributed by atoms with Gasteiger partial charge in [0.15, 0.2) is 0 Å². The predicted octanol–water partition coefficient (Wildman–Crippen LogP) is 5.37. The highest BCUT2D eigenvalue weighted by Gasteiger charge is 2.47. The number of likely N-dealkylation sites (tertiary alicyclic amines) is 1. The summed E-state index contributed by atoms with van der Waals surface area (Å²) in [5.74, 6) is 1.51. The molecule has 0 bridgehead atoms. The summed E-state index contributed by atoms with van der Waals surface area (Å²) in [6.45, 7) is 3.79. The van der Waals surface area contributed by atoms with Gasteiger partial charge in [-0.2, -0.15) is 0 Å². The molecule has 0 spiro atoms. The predicted molar refractivity (Wildman–Crippen MR) is 127 cm³/mol. The molecule has 2 aromatic carbocycles. The fourth-order valence-corrected chi connectivity index (χ4v) is 5.27. The molecule has 3 unspecified atom stereocenters. The van der Waals surface area contributed by atoms with Gasteiger partial charge < -0.3 is 14.6 Å². The Morgan fingerprint density at radius 3 is 2.58 bits per heavy atom. The van der Waals surface area contributed by atoms with Crippen molar-refractivity contribution in [3.8, 4) is 11.5 Å². The van der Waals surface area contributed by atoms with Crippen LogP contribution < -0.4 is 5.32 Å². The molecule has 1 saturated heterocycles. The van der Waals surface area contributed by atoms with E-state index < -0.39 is 6.04 Å². The molecule has 1 aliphatic carbocycles. The second kappa shape index (κ2) is 8.85. The zero-order chi connectivity index (χ0) is 22.9. The second-order valence-corrected chi connectivity index (χ2v) is 9.17. The molecule has 3 atom stereocenters. The van der Waals surface area contributed by atoms with Gasteiger partial charge in [0.05, 0.1) is 5.69 Å². The number of nitrogens with one attached hydrogen (secondary N) is 1. The summed E-state index contributed by atoms with van der Waals surface area (Å²) < 4.78 is 5.75. The van der Waals surface area contributed by atoms with Gasteiger partial charge >= 0.3 is 0 Å². The molecule has 2 fully saturated rings. The van der Waals surface area contributed by atoms with Crippen LogP contribution in [-0.4, -0.2) is 33.8 Å². The third-order valence-corrected chi connectivity index (χ3v) is 7.05. The molecule has 3 aromatic rings. The summed E-state index contributed by atoms with van der Waals surface area (Å²) >= 11 is 0. The first-order valence-corrected chi connectivity index (χ1v) is 11.7. The third-order valence-electron chi connectivity index (χ3n) is 7.05. The van der Waals surface area contributed by atoms with E-state index >= 15 is 0 Å². The molecule has 5 rings (SSSR count). The van der Waals surface area contributed by atoms with Crippen molar-refractivity contribution in [2.45, 2.75) is 58.0 Å². The van der Waals surface area contributed by atoms with E-state index in [-0.39, 0.29) is 17.9 Å². The van der Waals surface area contributed by atoms with Crippen molar-refractivity contribution in [2.24, 2.45) is 5.92 Å². The Hall–Kier alpha value is -3.41. The van der Waals surface area contributed by atoms with Gasteiger partial charge in [-0.15, -0.1) is 0 Å². The normalized spacial score (nSPS) is 22.1. The lowest BCUT2D eigenvalue weighted by molar-refractivity contribution is -0.120. The van der Waals surface area contributed by atoms with E-state index in [9.17, 15) is 9.59 Å². The number of fused-ring (bicyclic) bond motifs is 1. The standard InChI is InChI=1S/C27H29N3O3/c1-17-18(2)33-26(28-17)21-12-8-13-22(15-21)29-25(31)24-16-20-11-6-7-14-23(20)30(24)27(32)19-9-4-3-5-10-19/h3-5,8-10,12-13,15,20,23-24H,6-7,11,14,16H2,1-2H3,(H,29,31). The summed E-state index contributed by atoms with van der Waals surface area (Å²) in [7, 11) is 0. The van der Waals surface area contributed by atoms with Crippen molar-refractivity contribution in [1.82, 2.24) is 9.88 Å². The highest BCUT2D eigenvalue weighted by molar-refractivity contribution is 6.02. The van der Waals surface area contributed by atoms with E-state index in [0.717, 1.165) is 36.3 Å². The van der Waals surface area contributed by atoms with Gasteiger partial charge in [0.2, 0.25) is 11.8 Å². The van der Waals surface area contributed by atoms with Crippen molar-refractivity contribution in [3.63, 3.8) is 0 Å². The largest absolute Gasteiger partial charge is 0.441 e. The summed E-state index contributed by atoms with van der Waals surface area (Å²) in [4.78, 5) is 33.3. The van der Waals surface area contributed by atoms with E-state index in [2.05, 4.69) is 10.3 Å². The van der Waals surface area contributed by atoms with Crippen molar-refractivity contribution in [3.05, 3.63) is 71.6 Å². The Bertz CT molecular complexity index is 1150. The van der Waals surface area contributed by atoms with Crippen LogP contribution in [0.2, 0.25) is 0 Å². The minimum absolute atomic E-state index is 0.0513. The molecule has 6 heteroatoms. The summed E-state index contributed by atoms with van der Waals surface area (Å²) in [6.07, 6.45) is 5.02. The van der Waals surface area contributed by atoms with E-state index in [0.29, 0.717) is 29.5 Å². The van der Waals surface area contributed by atoms with Gasteiger partial charge in [-0.05, 0) is 69.4 Å². The molecule has 2 amide bonds. The van der Waals surface area contributed by atoms with E-state index in [1.165, 1.54) is 6.42 Å². The topological polar surface area (TPSA) is 75.4 Å². The lowest BCUT2D eigenvalue weighted by Gasteiger charge is -2.33. The summed E-state index contributed by atoms with van der Waals surface area (Å²) in [5.41, 5.74) is 2.97. The maximum absolute atomic E-state index is 13.5. The van der Waals surface area contributed by atoms with Crippen LogP contribution in [0.3, 0.4) is 0 Å². The van der Waals surface area contributed by atoms with Crippen LogP contribution in [0.5, 0.6) is 0 Å². The number of oxazole rings is 1. The Morgan fingerprint density at radius 2 is 1.82 bits per heavy atom. The van der Waals surface area contributed by atoms with Crippen LogP contribution in [0.25, 0.3) is 11.5 Å². The highest BCUT2D eigenvalue weighted by atomic mass is 16.4. The molecular formula is C27H29N3O3. The lowest BCUT2D eigenvalue weighted by Crippen LogP contribution is -2.47. The summed E-state index contributed by atoms with van der Waals surface area (Å²) in [5, 5.41) is 3.06. The molecule has 1 N–H and O–H groups in total. The first-order chi connectivity index (χ1) is 16.0. The fraction of sp³-hybridized carbons (Fsp3) is 0.370. The quantitative estimate of drug-likeness (QED) is 0.588. The van der Waals surface area contributed by atoms with Crippen LogP contribution >= 0.6 is 0 Å². The molecular weight excluding hydrogens is 414 g/mol. The maximum Gasteiger partial charge on any atom is 0.254 e. The number of carbonyl (C=O) groups is 2. The van der Waals surface area contributed by atoms with Crippen LogP contribution in [0.4, 0.5) is 5.69 Å². The monoisotopic (exact) mass is 443 g/mol. The average Bonchev–Trinajstić information content (AvgIpc) is 3.39. The summed E-state index contributed by atoms with van der Waals surface area (Å²) in [6, 6.07) is 16.5. The van der Waals surface area contributed by atoms with Crippen molar-refractivity contribution in [2.75, 3.05) is 5.32 Å². The number of aryl methyl sites for hydroxylation is 2. The zero-order valence-corrected chi connectivity index (χ0v) is 19.1. The number of benzene rings is 2. The number of anilines is 1. The van der Waals surface area contributed by atoms with E-state index in [1.807, 2.05) is 73.3 Å². The lowest BCUT2D eigenvalue weighted by atomic mass is 9.84. The molecule has 1 aliphatic heterocycles. The number of aromatic nitrogens is 1. The molecule has 6 nitrogen and oxygen atoms in total. The first-order valence-electron chi connectivity index (χ1n) is 11.7. The van der Waals surface area contributed by atoms with Gasteiger partial charge in [-0.1, -0.05) is 37.1 Å². The van der Waals surface area contributed by atoms with E-state index in [1.54, 1.807) is 0 Å². The van der Waals surface area contributed by atoms with Crippen LogP contribution in [0, 0.1) is 19.8 Å². The Morgan fingerprint density at radius 1 is 1.03 bits per heavy atom.